The van der Waals surface area contributed by atoms with Gasteiger partial charge >= 0.3 is 0 Å². The summed E-state index contributed by atoms with van der Waals surface area (Å²) < 4.78 is 19.9. The third-order valence-corrected chi connectivity index (χ3v) is 5.26. The average molecular weight is 349 g/mol. The molecule has 5 nitrogen and oxygen atoms in total. The predicted molar refractivity (Wildman–Crippen MR) is 94.7 cm³/mol. The summed E-state index contributed by atoms with van der Waals surface area (Å²) in [5.41, 5.74) is 0.768. The first-order valence-corrected chi connectivity index (χ1v) is 9.07. The highest BCUT2D eigenvalue weighted by Gasteiger charge is 2.39. The maximum Gasteiger partial charge on any atom is 0.233 e. The zero-order valence-corrected chi connectivity index (χ0v) is 15.0. The van der Waals surface area contributed by atoms with Crippen LogP contribution < -0.4 is 5.32 Å². The summed E-state index contributed by atoms with van der Waals surface area (Å²) in [5.74, 6) is -0.100. The number of ether oxygens (including phenoxy) is 1. The summed E-state index contributed by atoms with van der Waals surface area (Å²) in [7, 11) is 1.67. The molecule has 2 fully saturated rings. The lowest BCUT2D eigenvalue weighted by atomic mass is 9.80. The molecule has 2 aliphatic rings. The third-order valence-electron chi connectivity index (χ3n) is 5.26. The molecule has 0 aliphatic carbocycles. The van der Waals surface area contributed by atoms with E-state index in [9.17, 15) is 9.18 Å². The van der Waals surface area contributed by atoms with Gasteiger partial charge in [-0.2, -0.15) is 0 Å². The van der Waals surface area contributed by atoms with Crippen molar-refractivity contribution in [3.8, 4) is 0 Å². The molecular formula is C19H28FN3O2. The zero-order chi connectivity index (χ0) is 17.7. The molecular weight excluding hydrogens is 321 g/mol. The lowest BCUT2D eigenvalue weighted by molar-refractivity contribution is -0.122. The Morgan fingerprint density at radius 2 is 2.08 bits per heavy atom. The third kappa shape index (κ3) is 4.77. The number of carbonyl (C=O) groups excluding carboxylic acids is 1. The Labute approximate surface area is 149 Å². The highest BCUT2D eigenvalue weighted by Crippen LogP contribution is 2.33. The Hall–Kier alpha value is -1.50. The summed E-state index contributed by atoms with van der Waals surface area (Å²) in [6.45, 7) is 5.91. The Morgan fingerprint density at radius 1 is 1.28 bits per heavy atom. The van der Waals surface area contributed by atoms with Crippen LogP contribution >= 0.6 is 0 Å². The number of carbonyl (C=O) groups is 1. The predicted octanol–water partition coefficient (Wildman–Crippen LogP) is 1.49. The molecule has 138 valence electrons. The van der Waals surface area contributed by atoms with Gasteiger partial charge in [0.2, 0.25) is 5.91 Å². The topological polar surface area (TPSA) is 44.8 Å². The maximum atomic E-state index is 14.0. The van der Waals surface area contributed by atoms with Crippen LogP contribution in [0.2, 0.25) is 0 Å². The minimum atomic E-state index is -0.138. The van der Waals surface area contributed by atoms with Gasteiger partial charge in [-0.25, -0.2) is 4.39 Å². The molecule has 1 unspecified atom stereocenters. The molecule has 2 aliphatic heterocycles. The van der Waals surface area contributed by atoms with Gasteiger partial charge in [0.05, 0.1) is 19.8 Å². The minimum absolute atomic E-state index is 0.0219. The van der Waals surface area contributed by atoms with Crippen molar-refractivity contribution in [3.05, 3.63) is 35.6 Å². The summed E-state index contributed by atoms with van der Waals surface area (Å²) in [4.78, 5) is 16.3. The van der Waals surface area contributed by atoms with E-state index in [-0.39, 0.29) is 17.1 Å². The van der Waals surface area contributed by atoms with Crippen LogP contribution in [0, 0.1) is 11.2 Å². The van der Waals surface area contributed by atoms with Crippen LogP contribution in [-0.2, 0) is 16.1 Å². The van der Waals surface area contributed by atoms with E-state index in [1.165, 1.54) is 6.07 Å². The fourth-order valence-electron chi connectivity index (χ4n) is 4.06. The van der Waals surface area contributed by atoms with Crippen molar-refractivity contribution in [2.24, 2.45) is 5.41 Å². The monoisotopic (exact) mass is 349 g/mol. The Balaban J connectivity index is 1.67. The van der Waals surface area contributed by atoms with E-state index in [1.807, 2.05) is 12.1 Å². The fraction of sp³-hybridized carbons (Fsp3) is 0.632. The molecule has 0 bridgehead atoms. The second kappa shape index (κ2) is 8.25. The first-order valence-electron chi connectivity index (χ1n) is 9.07. The van der Waals surface area contributed by atoms with E-state index >= 15 is 0 Å². The molecule has 1 amide bonds. The summed E-state index contributed by atoms with van der Waals surface area (Å²) in [6.07, 6.45) is 2.16. The van der Waals surface area contributed by atoms with Gasteiger partial charge in [-0.15, -0.1) is 0 Å². The number of piperidine rings is 1. The van der Waals surface area contributed by atoms with Crippen LogP contribution in [0.3, 0.4) is 0 Å². The van der Waals surface area contributed by atoms with Crippen molar-refractivity contribution in [2.75, 3.05) is 53.0 Å². The summed E-state index contributed by atoms with van der Waals surface area (Å²) in [5, 5.41) is 2.70. The van der Waals surface area contributed by atoms with Crippen molar-refractivity contribution < 1.29 is 13.9 Å². The number of rotatable bonds is 4. The normalized spacial score (nSPS) is 25.7. The standard InChI is InChI=1S/C19H28FN3O2/c1-21-18(24)12-23-9-10-25-15-19(14-23)7-4-8-22(13-19)11-16-5-2-3-6-17(16)20/h2-3,5-6H,4,7-15H2,1H3,(H,21,24). The van der Waals surface area contributed by atoms with E-state index < -0.39 is 0 Å². The fourth-order valence-corrected chi connectivity index (χ4v) is 4.06. The Morgan fingerprint density at radius 3 is 2.88 bits per heavy atom. The van der Waals surface area contributed by atoms with Gasteiger partial charge in [-0.3, -0.25) is 14.6 Å². The van der Waals surface area contributed by atoms with Crippen LogP contribution in [0.5, 0.6) is 0 Å². The quantitative estimate of drug-likeness (QED) is 0.895. The largest absolute Gasteiger partial charge is 0.379 e. The van der Waals surface area contributed by atoms with Gasteiger partial charge in [0.15, 0.2) is 0 Å². The summed E-state index contributed by atoms with van der Waals surface area (Å²) >= 11 is 0. The Bertz CT molecular complexity index is 598. The second-order valence-electron chi connectivity index (χ2n) is 7.34. The van der Waals surface area contributed by atoms with Crippen LogP contribution in [0.15, 0.2) is 24.3 Å². The molecule has 25 heavy (non-hydrogen) atoms. The number of nitrogens with zero attached hydrogens (tertiary/aromatic N) is 2. The average Bonchev–Trinajstić information content (AvgIpc) is 2.79. The molecule has 0 saturated carbocycles. The number of nitrogens with one attached hydrogen (secondary N) is 1. The highest BCUT2D eigenvalue weighted by atomic mass is 19.1. The van der Waals surface area contributed by atoms with E-state index in [0.717, 1.165) is 44.6 Å². The van der Waals surface area contributed by atoms with Crippen molar-refractivity contribution in [1.82, 2.24) is 15.1 Å². The molecule has 6 heteroatoms. The maximum absolute atomic E-state index is 14.0. The highest BCUT2D eigenvalue weighted by molar-refractivity contribution is 5.77. The lowest BCUT2D eigenvalue weighted by Crippen LogP contribution is -2.51. The van der Waals surface area contributed by atoms with Crippen molar-refractivity contribution in [2.45, 2.75) is 19.4 Å². The van der Waals surface area contributed by atoms with E-state index in [0.29, 0.717) is 26.3 Å². The molecule has 1 aromatic rings. The molecule has 0 aromatic heterocycles. The molecule has 1 aromatic carbocycles. The summed E-state index contributed by atoms with van der Waals surface area (Å²) in [6, 6.07) is 7.00. The SMILES string of the molecule is CNC(=O)CN1CCOCC2(CCCN(Cc3ccccc3F)C2)C1. The first kappa shape index (κ1) is 18.3. The molecule has 3 rings (SSSR count). The van der Waals surface area contributed by atoms with Gasteiger partial charge in [-0.05, 0) is 25.5 Å². The van der Waals surface area contributed by atoms with Gasteiger partial charge in [0, 0.05) is 44.2 Å². The molecule has 2 saturated heterocycles. The van der Waals surface area contributed by atoms with Gasteiger partial charge < -0.3 is 10.1 Å². The van der Waals surface area contributed by atoms with Gasteiger partial charge in [-0.1, -0.05) is 18.2 Å². The molecule has 1 atom stereocenters. The van der Waals surface area contributed by atoms with Crippen LogP contribution in [0.1, 0.15) is 18.4 Å². The van der Waals surface area contributed by atoms with E-state index in [1.54, 1.807) is 13.1 Å². The van der Waals surface area contributed by atoms with Crippen LogP contribution in [0.4, 0.5) is 4.39 Å². The number of hydrogen-bond acceptors (Lipinski definition) is 4. The number of amides is 1. The number of hydrogen-bond donors (Lipinski definition) is 1. The molecule has 1 N–H and O–H groups in total. The van der Waals surface area contributed by atoms with E-state index in [2.05, 4.69) is 15.1 Å². The van der Waals surface area contributed by atoms with Crippen molar-refractivity contribution in [1.29, 1.82) is 0 Å². The second-order valence-corrected chi connectivity index (χ2v) is 7.34. The van der Waals surface area contributed by atoms with Crippen molar-refractivity contribution >= 4 is 5.91 Å². The Kier molecular flexibility index (Phi) is 6.04. The van der Waals surface area contributed by atoms with Gasteiger partial charge in [0.25, 0.3) is 0 Å². The number of benzene rings is 1. The van der Waals surface area contributed by atoms with Crippen molar-refractivity contribution in [3.63, 3.8) is 0 Å². The number of likely N-dealkylation sites (N-methyl/N-ethyl adjacent to an activating group) is 1. The smallest absolute Gasteiger partial charge is 0.233 e. The lowest BCUT2D eigenvalue weighted by Gasteiger charge is -2.43. The zero-order valence-electron chi connectivity index (χ0n) is 15.0. The number of halogens is 1. The van der Waals surface area contributed by atoms with E-state index in [4.69, 9.17) is 4.74 Å². The molecule has 1 spiro atoms. The number of likely N-dealkylation sites (tertiary alicyclic amines) is 1. The first-order chi connectivity index (χ1) is 12.1. The minimum Gasteiger partial charge on any atom is -0.379 e. The van der Waals surface area contributed by atoms with Crippen LogP contribution in [0.25, 0.3) is 0 Å². The van der Waals surface area contributed by atoms with Crippen LogP contribution in [-0.4, -0.2) is 68.7 Å². The molecule has 2 heterocycles. The van der Waals surface area contributed by atoms with Gasteiger partial charge in [0.1, 0.15) is 5.82 Å². The molecule has 0 radical (unpaired) electrons.